The van der Waals surface area contributed by atoms with Gasteiger partial charge in [-0.3, -0.25) is 4.90 Å². The Morgan fingerprint density at radius 1 is 1.31 bits per heavy atom. The molecule has 29 heavy (non-hydrogen) atoms. The molecule has 2 N–H and O–H groups in total. The maximum absolute atomic E-state index is 12.8. The molecule has 1 atom stereocenters. The number of ether oxygens (including phenoxy) is 2. The third-order valence-corrected chi connectivity index (χ3v) is 5.37. The fraction of sp³-hybridized carbons (Fsp3) is 0.400. The number of hydrogen-bond acceptors (Lipinski definition) is 7. The van der Waals surface area contributed by atoms with E-state index < -0.39 is 12.0 Å². The van der Waals surface area contributed by atoms with Crippen LogP contribution in [-0.2, 0) is 20.8 Å². The second-order valence-electron chi connectivity index (χ2n) is 6.44. The number of esters is 1. The van der Waals surface area contributed by atoms with E-state index in [0.717, 1.165) is 10.6 Å². The molecule has 3 rings (SSSR count). The van der Waals surface area contributed by atoms with Crippen LogP contribution >= 0.6 is 11.3 Å². The summed E-state index contributed by atoms with van der Waals surface area (Å²) in [7, 11) is 1.63. The third kappa shape index (κ3) is 5.47. The number of nitrogens with one attached hydrogen (secondary N) is 2. The van der Waals surface area contributed by atoms with Crippen molar-refractivity contribution in [3.8, 4) is 0 Å². The van der Waals surface area contributed by atoms with Gasteiger partial charge in [0.05, 0.1) is 37.6 Å². The van der Waals surface area contributed by atoms with Crippen LogP contribution in [0.4, 0.5) is 4.79 Å². The number of carbonyl (C=O) groups is 2. The van der Waals surface area contributed by atoms with Crippen molar-refractivity contribution in [3.63, 3.8) is 0 Å². The van der Waals surface area contributed by atoms with Crippen LogP contribution in [0.2, 0.25) is 0 Å². The number of furan rings is 1. The highest BCUT2D eigenvalue weighted by molar-refractivity contribution is 7.10. The summed E-state index contributed by atoms with van der Waals surface area (Å²) in [6.45, 7) is 3.97. The fourth-order valence-corrected chi connectivity index (χ4v) is 3.93. The molecule has 0 spiro atoms. The molecule has 2 amide bonds. The maximum atomic E-state index is 12.8. The highest BCUT2D eigenvalue weighted by Crippen LogP contribution is 2.31. The van der Waals surface area contributed by atoms with Gasteiger partial charge in [0.25, 0.3) is 0 Å². The van der Waals surface area contributed by atoms with Crippen LogP contribution < -0.4 is 10.6 Å². The van der Waals surface area contributed by atoms with Crippen molar-refractivity contribution in [2.75, 3.05) is 33.4 Å². The van der Waals surface area contributed by atoms with Crippen LogP contribution in [0.15, 0.2) is 51.6 Å². The van der Waals surface area contributed by atoms with E-state index in [-0.39, 0.29) is 12.6 Å². The molecule has 3 heterocycles. The molecule has 8 nitrogen and oxygen atoms in total. The maximum Gasteiger partial charge on any atom is 0.338 e. The summed E-state index contributed by atoms with van der Waals surface area (Å²) in [4.78, 5) is 28.1. The highest BCUT2D eigenvalue weighted by atomic mass is 32.1. The molecule has 1 aliphatic heterocycles. The first-order valence-electron chi connectivity index (χ1n) is 9.37. The van der Waals surface area contributed by atoms with Gasteiger partial charge in [-0.2, -0.15) is 0 Å². The van der Waals surface area contributed by atoms with E-state index in [1.807, 2.05) is 34.5 Å². The topological polar surface area (TPSA) is 93.0 Å². The average molecular weight is 420 g/mol. The Morgan fingerprint density at radius 3 is 2.83 bits per heavy atom. The zero-order chi connectivity index (χ0) is 20.6. The molecule has 9 heteroatoms. The second kappa shape index (κ2) is 10.2. The molecule has 2 aromatic rings. The van der Waals surface area contributed by atoms with Crippen LogP contribution in [-0.4, -0.2) is 50.3 Å². The summed E-state index contributed by atoms with van der Waals surface area (Å²) >= 11 is 1.48. The summed E-state index contributed by atoms with van der Waals surface area (Å²) in [6, 6.07) is 6.59. The van der Waals surface area contributed by atoms with Gasteiger partial charge in [-0.05, 0) is 30.5 Å². The number of rotatable bonds is 10. The minimum atomic E-state index is -0.550. The van der Waals surface area contributed by atoms with E-state index in [1.54, 1.807) is 20.3 Å². The van der Waals surface area contributed by atoms with Gasteiger partial charge in [0.1, 0.15) is 5.76 Å². The second-order valence-corrected chi connectivity index (χ2v) is 7.42. The van der Waals surface area contributed by atoms with Crippen molar-refractivity contribution in [2.24, 2.45) is 0 Å². The molecule has 1 aliphatic rings. The van der Waals surface area contributed by atoms with E-state index in [4.69, 9.17) is 13.9 Å². The zero-order valence-electron chi connectivity index (χ0n) is 16.5. The number of hydrogen-bond donors (Lipinski definition) is 2. The molecule has 0 saturated carbocycles. The zero-order valence-corrected chi connectivity index (χ0v) is 17.3. The van der Waals surface area contributed by atoms with Gasteiger partial charge in [-0.1, -0.05) is 6.07 Å². The largest absolute Gasteiger partial charge is 0.468 e. The van der Waals surface area contributed by atoms with Crippen molar-refractivity contribution in [1.29, 1.82) is 0 Å². The molecule has 0 radical (unpaired) electrons. The Morgan fingerprint density at radius 2 is 2.17 bits per heavy atom. The Balaban J connectivity index is 1.93. The van der Waals surface area contributed by atoms with Crippen molar-refractivity contribution < 1.29 is 23.5 Å². The SMILES string of the molecule is CCOC(=O)C1=C(CN(CCOC)Cc2ccco2)NC(=O)NC1c1cccs1. The van der Waals surface area contributed by atoms with Crippen LogP contribution in [0.1, 0.15) is 23.6 Å². The summed E-state index contributed by atoms with van der Waals surface area (Å²) in [6.07, 6.45) is 1.62. The van der Waals surface area contributed by atoms with Crippen LogP contribution in [0, 0.1) is 0 Å². The number of methoxy groups -OCH3 is 1. The molecular formula is C20H25N3O5S. The van der Waals surface area contributed by atoms with E-state index >= 15 is 0 Å². The van der Waals surface area contributed by atoms with E-state index in [9.17, 15) is 9.59 Å². The van der Waals surface area contributed by atoms with Gasteiger partial charge in [0.2, 0.25) is 0 Å². The van der Waals surface area contributed by atoms with Crippen molar-refractivity contribution >= 4 is 23.3 Å². The van der Waals surface area contributed by atoms with Crippen LogP contribution in [0.5, 0.6) is 0 Å². The van der Waals surface area contributed by atoms with E-state index in [0.29, 0.717) is 37.5 Å². The van der Waals surface area contributed by atoms with Crippen molar-refractivity contribution in [2.45, 2.75) is 19.5 Å². The van der Waals surface area contributed by atoms with Gasteiger partial charge >= 0.3 is 12.0 Å². The number of amides is 2. The molecule has 156 valence electrons. The fourth-order valence-electron chi connectivity index (χ4n) is 3.14. The van der Waals surface area contributed by atoms with Gasteiger partial charge in [0.15, 0.2) is 0 Å². The van der Waals surface area contributed by atoms with Gasteiger partial charge in [0, 0.05) is 30.8 Å². The Hall–Kier alpha value is -2.62. The lowest BCUT2D eigenvalue weighted by Crippen LogP contribution is -2.48. The summed E-state index contributed by atoms with van der Waals surface area (Å²) in [5.41, 5.74) is 0.934. The first-order valence-corrected chi connectivity index (χ1v) is 10.2. The van der Waals surface area contributed by atoms with Gasteiger partial charge < -0.3 is 24.5 Å². The predicted octanol–water partition coefficient (Wildman–Crippen LogP) is 2.66. The minimum Gasteiger partial charge on any atom is -0.468 e. The molecule has 2 aromatic heterocycles. The molecule has 0 saturated heterocycles. The van der Waals surface area contributed by atoms with E-state index in [1.165, 1.54) is 11.3 Å². The molecule has 0 fully saturated rings. The quantitative estimate of drug-likeness (QED) is 0.575. The molecule has 0 bridgehead atoms. The average Bonchev–Trinajstić information content (AvgIpc) is 3.40. The molecule has 0 aromatic carbocycles. The lowest BCUT2D eigenvalue weighted by molar-refractivity contribution is -0.139. The molecule has 1 unspecified atom stereocenters. The highest BCUT2D eigenvalue weighted by Gasteiger charge is 2.34. The summed E-state index contributed by atoms with van der Waals surface area (Å²) in [5, 5.41) is 7.56. The first kappa shape index (κ1) is 21.1. The van der Waals surface area contributed by atoms with E-state index in [2.05, 4.69) is 10.6 Å². The first-order chi connectivity index (χ1) is 14.1. The number of carbonyl (C=O) groups excluding carboxylic acids is 2. The third-order valence-electron chi connectivity index (χ3n) is 4.43. The minimum absolute atomic E-state index is 0.251. The number of thiophene rings is 1. The van der Waals surface area contributed by atoms with Crippen molar-refractivity contribution in [1.82, 2.24) is 15.5 Å². The lowest BCUT2D eigenvalue weighted by atomic mass is 10.0. The Labute approximate surface area is 173 Å². The normalized spacial score (nSPS) is 16.7. The lowest BCUT2D eigenvalue weighted by Gasteiger charge is -2.31. The smallest absolute Gasteiger partial charge is 0.338 e. The van der Waals surface area contributed by atoms with Crippen molar-refractivity contribution in [3.05, 3.63) is 57.8 Å². The number of nitrogens with zero attached hydrogens (tertiary/aromatic N) is 1. The standard InChI is InChI=1S/C20H25N3O5S/c1-3-27-19(24)17-15(21-20(25)22-18(17)16-7-5-11-29-16)13-23(8-10-26-2)12-14-6-4-9-28-14/h4-7,9,11,18H,3,8,10,12-13H2,1-2H3,(H2,21,22,25). The van der Waals surface area contributed by atoms with Gasteiger partial charge in [-0.25, -0.2) is 9.59 Å². The summed E-state index contributed by atoms with van der Waals surface area (Å²) in [5.74, 6) is 0.340. The monoisotopic (exact) mass is 419 g/mol. The van der Waals surface area contributed by atoms with Crippen LogP contribution in [0.3, 0.4) is 0 Å². The molecule has 0 aliphatic carbocycles. The number of urea groups is 1. The Bertz CT molecular complexity index is 832. The van der Waals surface area contributed by atoms with Crippen LogP contribution in [0.25, 0.3) is 0 Å². The van der Waals surface area contributed by atoms with Gasteiger partial charge in [-0.15, -0.1) is 11.3 Å². The predicted molar refractivity (Wildman–Crippen MR) is 108 cm³/mol. The molecular weight excluding hydrogens is 394 g/mol. The summed E-state index contributed by atoms with van der Waals surface area (Å²) < 4.78 is 16.0. The Kier molecular flexibility index (Phi) is 7.45.